The summed E-state index contributed by atoms with van der Waals surface area (Å²) in [5, 5.41) is 10.0. The minimum atomic E-state index is 0.419. The molecule has 0 saturated carbocycles. The molecule has 3 N–H and O–H groups in total. The SMILES string of the molecule is C=C(NCC)C(CC)NCC1CN1. The van der Waals surface area contributed by atoms with Gasteiger partial charge in [-0.2, -0.15) is 0 Å². The average Bonchev–Trinajstić information content (AvgIpc) is 2.89. The zero-order chi connectivity index (χ0) is 9.68. The fraction of sp³-hybridized carbons (Fsp3) is 0.800. The highest BCUT2D eigenvalue weighted by molar-refractivity contribution is 5.03. The van der Waals surface area contributed by atoms with Crippen LogP contribution in [0.2, 0.25) is 0 Å². The third-order valence-electron chi connectivity index (χ3n) is 2.34. The van der Waals surface area contributed by atoms with Crippen LogP contribution in [0.3, 0.4) is 0 Å². The van der Waals surface area contributed by atoms with Crippen molar-refractivity contribution in [1.82, 2.24) is 16.0 Å². The monoisotopic (exact) mass is 183 g/mol. The van der Waals surface area contributed by atoms with Gasteiger partial charge < -0.3 is 16.0 Å². The zero-order valence-electron chi connectivity index (χ0n) is 8.69. The van der Waals surface area contributed by atoms with Crippen molar-refractivity contribution in [1.29, 1.82) is 0 Å². The van der Waals surface area contributed by atoms with Gasteiger partial charge in [-0.05, 0) is 13.3 Å². The molecule has 1 aliphatic rings. The molecular weight excluding hydrogens is 162 g/mol. The molecule has 1 rings (SSSR count). The third-order valence-corrected chi connectivity index (χ3v) is 2.34. The van der Waals surface area contributed by atoms with Gasteiger partial charge in [-0.25, -0.2) is 0 Å². The van der Waals surface area contributed by atoms with Crippen LogP contribution in [-0.4, -0.2) is 31.7 Å². The van der Waals surface area contributed by atoms with Crippen molar-refractivity contribution >= 4 is 0 Å². The average molecular weight is 183 g/mol. The van der Waals surface area contributed by atoms with Crippen molar-refractivity contribution in [2.45, 2.75) is 32.4 Å². The summed E-state index contributed by atoms with van der Waals surface area (Å²) in [4.78, 5) is 0. The Morgan fingerprint density at radius 2 is 2.31 bits per heavy atom. The summed E-state index contributed by atoms with van der Waals surface area (Å²) in [7, 11) is 0. The lowest BCUT2D eigenvalue weighted by Gasteiger charge is -2.20. The van der Waals surface area contributed by atoms with Gasteiger partial charge in [0.05, 0.1) is 0 Å². The first-order valence-corrected chi connectivity index (χ1v) is 5.17. The molecule has 3 heteroatoms. The van der Waals surface area contributed by atoms with Gasteiger partial charge in [0.1, 0.15) is 0 Å². The lowest BCUT2D eigenvalue weighted by molar-refractivity contribution is 0.527. The lowest BCUT2D eigenvalue weighted by Crippen LogP contribution is -2.38. The summed E-state index contributed by atoms with van der Waals surface area (Å²) in [6, 6.07) is 1.12. The minimum absolute atomic E-state index is 0.419. The summed E-state index contributed by atoms with van der Waals surface area (Å²) in [5.41, 5.74) is 1.12. The summed E-state index contributed by atoms with van der Waals surface area (Å²) >= 11 is 0. The molecular formula is C10H21N3. The Kier molecular flexibility index (Phi) is 4.25. The fourth-order valence-corrected chi connectivity index (χ4v) is 1.38. The number of likely N-dealkylation sites (N-methyl/N-ethyl adjacent to an activating group) is 1. The maximum atomic E-state index is 4.02. The Balaban J connectivity index is 2.18. The molecule has 13 heavy (non-hydrogen) atoms. The zero-order valence-corrected chi connectivity index (χ0v) is 8.69. The Bertz CT molecular complexity index is 164. The van der Waals surface area contributed by atoms with Gasteiger partial charge >= 0.3 is 0 Å². The highest BCUT2D eigenvalue weighted by atomic mass is 15.1. The van der Waals surface area contributed by atoms with Gasteiger partial charge in [0, 0.05) is 37.4 Å². The molecule has 3 nitrogen and oxygen atoms in total. The molecule has 0 spiro atoms. The summed E-state index contributed by atoms with van der Waals surface area (Å²) in [6.45, 7) is 11.5. The second-order valence-electron chi connectivity index (χ2n) is 3.53. The predicted molar refractivity (Wildman–Crippen MR) is 56.7 cm³/mol. The first-order valence-electron chi connectivity index (χ1n) is 5.17. The van der Waals surface area contributed by atoms with Crippen molar-refractivity contribution in [2.24, 2.45) is 0 Å². The minimum Gasteiger partial charge on any atom is -0.388 e. The standard InChI is InChI=1S/C10H21N3/c1-4-10(8(3)11-5-2)13-7-9-6-12-9/h9-13H,3-7H2,1-2H3. The molecule has 1 aliphatic heterocycles. The molecule has 2 unspecified atom stereocenters. The second-order valence-corrected chi connectivity index (χ2v) is 3.53. The molecule has 0 aromatic rings. The molecule has 1 heterocycles. The van der Waals surface area contributed by atoms with E-state index < -0.39 is 0 Å². The summed E-state index contributed by atoms with van der Waals surface area (Å²) in [5.74, 6) is 0. The van der Waals surface area contributed by atoms with Crippen LogP contribution in [0.25, 0.3) is 0 Å². The van der Waals surface area contributed by atoms with Crippen LogP contribution in [0.1, 0.15) is 20.3 Å². The number of rotatable bonds is 7. The highest BCUT2D eigenvalue weighted by Crippen LogP contribution is 2.02. The van der Waals surface area contributed by atoms with Gasteiger partial charge in [0.25, 0.3) is 0 Å². The van der Waals surface area contributed by atoms with Gasteiger partial charge in [-0.3, -0.25) is 0 Å². The fourth-order valence-electron chi connectivity index (χ4n) is 1.38. The topological polar surface area (TPSA) is 46.0 Å². The molecule has 0 amide bonds. The number of hydrogen-bond acceptors (Lipinski definition) is 3. The summed E-state index contributed by atoms with van der Waals surface area (Å²) in [6.07, 6.45) is 1.10. The van der Waals surface area contributed by atoms with Crippen LogP contribution in [0.4, 0.5) is 0 Å². The third kappa shape index (κ3) is 3.79. The van der Waals surface area contributed by atoms with E-state index in [0.29, 0.717) is 12.1 Å². The van der Waals surface area contributed by atoms with Gasteiger partial charge in [-0.1, -0.05) is 13.5 Å². The maximum Gasteiger partial charge on any atom is 0.0461 e. The molecule has 76 valence electrons. The Hall–Kier alpha value is -0.540. The van der Waals surface area contributed by atoms with E-state index in [1.165, 1.54) is 0 Å². The Labute approximate surface area is 81.0 Å². The van der Waals surface area contributed by atoms with Gasteiger partial charge in [0.15, 0.2) is 0 Å². The number of nitrogens with one attached hydrogen (secondary N) is 3. The van der Waals surface area contributed by atoms with E-state index in [9.17, 15) is 0 Å². The molecule has 0 radical (unpaired) electrons. The van der Waals surface area contributed by atoms with Crippen molar-refractivity contribution in [3.05, 3.63) is 12.3 Å². The molecule has 1 saturated heterocycles. The van der Waals surface area contributed by atoms with E-state index in [1.807, 2.05) is 0 Å². The Morgan fingerprint density at radius 3 is 2.77 bits per heavy atom. The van der Waals surface area contributed by atoms with Gasteiger partial charge in [-0.15, -0.1) is 0 Å². The van der Waals surface area contributed by atoms with E-state index in [4.69, 9.17) is 0 Å². The smallest absolute Gasteiger partial charge is 0.0461 e. The van der Waals surface area contributed by atoms with Crippen molar-refractivity contribution in [3.63, 3.8) is 0 Å². The second kappa shape index (κ2) is 5.25. The lowest BCUT2D eigenvalue weighted by atomic mass is 10.1. The summed E-state index contributed by atoms with van der Waals surface area (Å²) < 4.78 is 0. The van der Waals surface area contributed by atoms with E-state index in [0.717, 1.165) is 31.8 Å². The molecule has 1 fully saturated rings. The van der Waals surface area contributed by atoms with Crippen LogP contribution in [0.5, 0.6) is 0 Å². The molecule has 0 aromatic heterocycles. The van der Waals surface area contributed by atoms with Crippen LogP contribution < -0.4 is 16.0 Å². The first kappa shape index (κ1) is 10.5. The van der Waals surface area contributed by atoms with E-state index in [-0.39, 0.29) is 0 Å². The first-order chi connectivity index (χ1) is 6.27. The molecule has 0 aliphatic carbocycles. The predicted octanol–water partition coefficient (Wildman–Crippen LogP) is 0.450. The molecule has 0 aromatic carbocycles. The quantitative estimate of drug-likeness (QED) is 0.502. The van der Waals surface area contributed by atoms with Crippen LogP contribution in [-0.2, 0) is 0 Å². The Morgan fingerprint density at radius 1 is 1.62 bits per heavy atom. The van der Waals surface area contributed by atoms with Gasteiger partial charge in [0.2, 0.25) is 0 Å². The van der Waals surface area contributed by atoms with Crippen LogP contribution >= 0.6 is 0 Å². The maximum absolute atomic E-state index is 4.02. The highest BCUT2D eigenvalue weighted by Gasteiger charge is 2.21. The molecule has 2 atom stereocenters. The van der Waals surface area contributed by atoms with Crippen molar-refractivity contribution in [2.75, 3.05) is 19.6 Å². The van der Waals surface area contributed by atoms with E-state index in [2.05, 4.69) is 36.4 Å². The molecule has 0 bridgehead atoms. The van der Waals surface area contributed by atoms with Crippen LogP contribution in [0.15, 0.2) is 12.3 Å². The van der Waals surface area contributed by atoms with Crippen LogP contribution in [0, 0.1) is 0 Å². The number of hydrogen-bond donors (Lipinski definition) is 3. The van der Waals surface area contributed by atoms with E-state index in [1.54, 1.807) is 0 Å². The van der Waals surface area contributed by atoms with E-state index >= 15 is 0 Å². The largest absolute Gasteiger partial charge is 0.388 e. The van der Waals surface area contributed by atoms with Crippen molar-refractivity contribution in [3.8, 4) is 0 Å². The normalized spacial score (nSPS) is 22.5. The van der Waals surface area contributed by atoms with Crippen molar-refractivity contribution < 1.29 is 0 Å².